The van der Waals surface area contributed by atoms with E-state index in [9.17, 15) is 0 Å². The molecular weight excluding hydrogens is 134 g/mol. The van der Waals surface area contributed by atoms with Crippen molar-refractivity contribution in [1.29, 1.82) is 0 Å². The van der Waals surface area contributed by atoms with E-state index in [1.165, 1.54) is 0 Å². The zero-order valence-electron chi connectivity index (χ0n) is 5.90. The third-order valence-electron chi connectivity index (χ3n) is 1.51. The molecule has 0 radical (unpaired) electrons. The number of rotatable bonds is 0. The lowest BCUT2D eigenvalue weighted by atomic mass is 10.8. The van der Waals surface area contributed by atoms with Gasteiger partial charge >= 0.3 is 0 Å². The van der Waals surface area contributed by atoms with Crippen LogP contribution in [0.5, 0.6) is 0 Å². The first-order chi connectivity index (χ1) is 4.13. The first-order valence-electron chi connectivity index (χ1n) is 2.81. The Hall–Kier alpha value is -0.380. The summed E-state index contributed by atoms with van der Waals surface area (Å²) >= 11 is 5.10. The molecular formula is C5H11N3S. The molecule has 0 bridgehead atoms. The number of hydrogen-bond donors (Lipinski definition) is 0. The molecule has 0 aliphatic carbocycles. The van der Waals surface area contributed by atoms with Crippen LogP contribution in [0.4, 0.5) is 0 Å². The monoisotopic (exact) mass is 145 g/mol. The summed E-state index contributed by atoms with van der Waals surface area (Å²) < 4.78 is 1.97. The molecule has 1 unspecified atom stereocenters. The molecule has 1 atom stereocenters. The molecule has 0 spiro atoms. The zero-order valence-corrected chi connectivity index (χ0v) is 6.72. The van der Waals surface area contributed by atoms with Crippen LogP contribution in [-0.4, -0.2) is 47.6 Å². The van der Waals surface area contributed by atoms with Gasteiger partial charge in [0.05, 0.1) is 12.5 Å². The Labute approximate surface area is 60.9 Å². The molecule has 1 rings (SSSR count). The van der Waals surface area contributed by atoms with Gasteiger partial charge < -0.3 is 12.6 Å². The number of nitrogens with zero attached hydrogens (tertiary/aromatic N) is 3. The van der Waals surface area contributed by atoms with E-state index in [1.807, 2.05) is 42.1 Å². The molecule has 4 heteroatoms. The Bertz CT molecular complexity index is 145. The first-order valence-corrected chi connectivity index (χ1v) is 3.28. The summed E-state index contributed by atoms with van der Waals surface area (Å²) in [6.07, 6.45) is 1.97. The van der Waals surface area contributed by atoms with Crippen molar-refractivity contribution in [2.24, 2.45) is 0 Å². The second-order valence-corrected chi connectivity index (χ2v) is 2.68. The van der Waals surface area contributed by atoms with Crippen molar-refractivity contribution in [3.05, 3.63) is 0 Å². The van der Waals surface area contributed by atoms with Crippen molar-refractivity contribution in [3.8, 4) is 0 Å². The highest BCUT2D eigenvalue weighted by molar-refractivity contribution is 7.59. The van der Waals surface area contributed by atoms with E-state index in [2.05, 4.69) is 0 Å². The van der Waals surface area contributed by atoms with Crippen LogP contribution in [0.3, 0.4) is 0 Å². The van der Waals surface area contributed by atoms with Crippen LogP contribution in [0.15, 0.2) is 0 Å². The maximum Gasteiger partial charge on any atom is 0.257 e. The van der Waals surface area contributed by atoms with Crippen molar-refractivity contribution in [2.75, 3.05) is 21.1 Å². The minimum atomic E-state index is 0.0787. The minimum Gasteiger partial charge on any atom is -0.717 e. The molecule has 0 N–H and O–H groups in total. The Balaban J connectivity index is 2.70. The van der Waals surface area contributed by atoms with Crippen LogP contribution in [0, 0.1) is 0 Å². The molecule has 0 saturated carbocycles. The number of hydrogen-bond acceptors (Lipinski definition) is 3. The van der Waals surface area contributed by atoms with Crippen molar-refractivity contribution < 1.29 is 4.68 Å². The molecule has 0 aromatic heterocycles. The predicted molar refractivity (Wildman–Crippen MR) is 38.9 cm³/mol. The van der Waals surface area contributed by atoms with Crippen LogP contribution < -0.4 is 0 Å². The Morgan fingerprint density at radius 2 is 2.11 bits per heavy atom. The topological polar surface area (TPSA) is 9.49 Å². The fraction of sp³-hybridized carbons (Fsp3) is 0.800. The lowest BCUT2D eigenvalue weighted by Crippen LogP contribution is -2.36. The standard InChI is InChI=1S/C5H11N3S/c1-6-4-7(2)8(3)5(6)9/h4-5H,1-3H3. The lowest BCUT2D eigenvalue weighted by Gasteiger charge is -2.25. The van der Waals surface area contributed by atoms with Crippen LogP contribution in [-0.2, 0) is 12.6 Å². The van der Waals surface area contributed by atoms with Crippen LogP contribution >= 0.6 is 0 Å². The van der Waals surface area contributed by atoms with Gasteiger partial charge in [0, 0.05) is 7.05 Å². The lowest BCUT2D eigenvalue weighted by molar-refractivity contribution is -0.651. The molecule has 0 amide bonds. The van der Waals surface area contributed by atoms with Gasteiger partial charge in [0.25, 0.3) is 6.34 Å². The van der Waals surface area contributed by atoms with Gasteiger partial charge in [0.1, 0.15) is 7.05 Å². The highest BCUT2D eigenvalue weighted by atomic mass is 32.1. The number of hydrazine groups is 1. The van der Waals surface area contributed by atoms with E-state index in [-0.39, 0.29) is 5.50 Å². The highest BCUT2D eigenvalue weighted by Crippen LogP contribution is 2.02. The maximum atomic E-state index is 5.10. The molecule has 1 aliphatic heterocycles. The van der Waals surface area contributed by atoms with E-state index in [1.54, 1.807) is 0 Å². The zero-order chi connectivity index (χ0) is 7.02. The predicted octanol–water partition coefficient (Wildman–Crippen LogP) is -0.720. The molecule has 0 aromatic rings. The summed E-state index contributed by atoms with van der Waals surface area (Å²) in [5.41, 5.74) is 0.0787. The van der Waals surface area contributed by atoms with Crippen LogP contribution in [0.25, 0.3) is 0 Å². The van der Waals surface area contributed by atoms with E-state index in [4.69, 9.17) is 12.6 Å². The van der Waals surface area contributed by atoms with Gasteiger partial charge in [-0.3, -0.25) is 4.90 Å². The van der Waals surface area contributed by atoms with Crippen LogP contribution in [0.2, 0.25) is 0 Å². The van der Waals surface area contributed by atoms with E-state index in [0.29, 0.717) is 0 Å². The Morgan fingerprint density at radius 1 is 1.56 bits per heavy atom. The van der Waals surface area contributed by atoms with Crippen LogP contribution in [0.1, 0.15) is 0 Å². The normalized spacial score (nSPS) is 27.1. The van der Waals surface area contributed by atoms with Crippen molar-refractivity contribution >= 4 is 19.0 Å². The SMILES string of the molecule is CN1C=[N+](C)N(C)C1[S-]. The third kappa shape index (κ3) is 0.986. The second kappa shape index (κ2) is 2.10. The van der Waals surface area contributed by atoms with Gasteiger partial charge in [-0.25, -0.2) is 5.01 Å². The average Bonchev–Trinajstić information content (AvgIpc) is 1.98. The molecule has 9 heavy (non-hydrogen) atoms. The van der Waals surface area contributed by atoms with Gasteiger partial charge in [0.15, 0.2) is 0 Å². The van der Waals surface area contributed by atoms with E-state index < -0.39 is 0 Å². The van der Waals surface area contributed by atoms with Gasteiger partial charge in [-0.2, -0.15) is 4.68 Å². The summed E-state index contributed by atoms with van der Waals surface area (Å²) in [6.45, 7) is 0. The van der Waals surface area contributed by atoms with Gasteiger partial charge in [0.2, 0.25) is 0 Å². The fourth-order valence-electron chi connectivity index (χ4n) is 0.821. The summed E-state index contributed by atoms with van der Waals surface area (Å²) in [5, 5.41) is 1.98. The van der Waals surface area contributed by atoms with Crippen molar-refractivity contribution in [3.63, 3.8) is 0 Å². The van der Waals surface area contributed by atoms with Crippen molar-refractivity contribution in [1.82, 2.24) is 9.91 Å². The summed E-state index contributed by atoms with van der Waals surface area (Å²) in [4.78, 5) is 1.98. The van der Waals surface area contributed by atoms with E-state index >= 15 is 0 Å². The van der Waals surface area contributed by atoms with E-state index in [0.717, 1.165) is 0 Å². The largest absolute Gasteiger partial charge is 0.717 e. The smallest absolute Gasteiger partial charge is 0.257 e. The quantitative estimate of drug-likeness (QED) is 0.329. The Morgan fingerprint density at radius 3 is 2.22 bits per heavy atom. The second-order valence-electron chi connectivity index (χ2n) is 2.25. The molecule has 52 valence electrons. The first kappa shape index (κ1) is 6.74. The molecule has 0 aromatic carbocycles. The van der Waals surface area contributed by atoms with Gasteiger partial charge in [-0.1, -0.05) is 0 Å². The molecule has 0 saturated heterocycles. The molecule has 1 heterocycles. The molecule has 1 aliphatic rings. The summed E-state index contributed by atoms with van der Waals surface area (Å²) in [6, 6.07) is 0. The molecule has 0 fully saturated rings. The van der Waals surface area contributed by atoms with Crippen molar-refractivity contribution in [2.45, 2.75) is 5.50 Å². The highest BCUT2D eigenvalue weighted by Gasteiger charge is 2.19. The van der Waals surface area contributed by atoms with Gasteiger partial charge in [-0.05, 0) is 0 Å². The summed E-state index contributed by atoms with van der Waals surface area (Å²) in [7, 11) is 5.91. The third-order valence-corrected chi connectivity index (χ3v) is 2.15. The fourth-order valence-corrected chi connectivity index (χ4v) is 1.02. The number of hydrazone groups is 1. The summed E-state index contributed by atoms with van der Waals surface area (Å²) in [5.74, 6) is 0. The Kier molecular flexibility index (Phi) is 1.57. The minimum absolute atomic E-state index is 0.0787. The average molecular weight is 145 g/mol. The maximum absolute atomic E-state index is 5.10. The molecule has 3 nitrogen and oxygen atoms in total. The van der Waals surface area contributed by atoms with Gasteiger partial charge in [-0.15, -0.1) is 0 Å².